The van der Waals surface area contributed by atoms with E-state index in [-0.39, 0.29) is 18.2 Å². The second-order valence-electron chi connectivity index (χ2n) is 8.59. The van der Waals surface area contributed by atoms with E-state index in [0.717, 1.165) is 50.5 Å². The first-order valence-electron chi connectivity index (χ1n) is 11.6. The molecule has 1 aromatic heterocycles. The van der Waals surface area contributed by atoms with Gasteiger partial charge in [0.25, 0.3) is 0 Å². The molecule has 1 aromatic carbocycles. The molecule has 2 N–H and O–H groups in total. The maximum Gasteiger partial charge on any atom is 0.227 e. The third-order valence-corrected chi connectivity index (χ3v) is 5.71. The van der Waals surface area contributed by atoms with Crippen molar-refractivity contribution in [1.82, 2.24) is 15.5 Å². The summed E-state index contributed by atoms with van der Waals surface area (Å²) in [5, 5.41) is 10.2. The Balaban J connectivity index is 1.63. The number of hydrogen-bond donors (Lipinski definition) is 2. The quantitative estimate of drug-likeness (QED) is 0.557. The first-order valence-corrected chi connectivity index (χ1v) is 11.6. The molecule has 0 atom stereocenters. The zero-order valence-corrected chi connectivity index (χ0v) is 19.3. The number of benzene rings is 1. The van der Waals surface area contributed by atoms with Crippen molar-refractivity contribution in [1.29, 1.82) is 0 Å². The van der Waals surface area contributed by atoms with E-state index in [2.05, 4.69) is 20.8 Å². The number of carbonyl (C=O) groups excluding carboxylic acids is 2. The number of nitrogens with one attached hydrogen (secondary N) is 2. The van der Waals surface area contributed by atoms with E-state index in [1.807, 2.05) is 32.0 Å². The molecule has 174 valence electrons. The Kier molecular flexibility index (Phi) is 8.25. The molecule has 0 spiro atoms. The molecule has 32 heavy (non-hydrogen) atoms. The zero-order valence-electron chi connectivity index (χ0n) is 19.3. The normalized spacial score (nSPS) is 15.6. The summed E-state index contributed by atoms with van der Waals surface area (Å²) in [4.78, 5) is 28.9. The topological polar surface area (TPSA) is 106 Å². The highest BCUT2D eigenvalue weighted by Crippen LogP contribution is 2.34. The van der Waals surface area contributed by atoms with Crippen molar-refractivity contribution in [3.8, 4) is 5.75 Å². The van der Waals surface area contributed by atoms with Gasteiger partial charge < -0.3 is 19.9 Å². The highest BCUT2D eigenvalue weighted by molar-refractivity contribution is 5.92. The van der Waals surface area contributed by atoms with E-state index in [1.54, 1.807) is 0 Å². The van der Waals surface area contributed by atoms with Gasteiger partial charge in [-0.3, -0.25) is 9.59 Å². The van der Waals surface area contributed by atoms with Crippen LogP contribution in [-0.4, -0.2) is 28.6 Å². The molecule has 0 unspecified atom stereocenters. The number of aryl methyl sites for hydroxylation is 2. The maximum absolute atomic E-state index is 12.5. The van der Waals surface area contributed by atoms with Crippen LogP contribution in [0.3, 0.4) is 0 Å². The number of rotatable bonds is 9. The molecule has 1 fully saturated rings. The average molecular weight is 443 g/mol. The van der Waals surface area contributed by atoms with Gasteiger partial charge in [0, 0.05) is 19.8 Å². The highest BCUT2D eigenvalue weighted by atomic mass is 16.5. The lowest BCUT2D eigenvalue weighted by Gasteiger charge is -2.30. The molecule has 1 aliphatic carbocycles. The average Bonchev–Trinajstić information content (AvgIpc) is 3.12. The Morgan fingerprint density at radius 2 is 1.94 bits per heavy atom. The Hall–Kier alpha value is -2.90. The van der Waals surface area contributed by atoms with Gasteiger partial charge in [-0.1, -0.05) is 43.8 Å². The van der Waals surface area contributed by atoms with Crippen LogP contribution in [0.1, 0.15) is 82.5 Å². The molecule has 1 heterocycles. The lowest BCUT2D eigenvalue weighted by atomic mass is 9.89. The van der Waals surface area contributed by atoms with Crippen LogP contribution in [-0.2, 0) is 21.5 Å². The number of carbonyl (C=O) groups is 2. The SMILES string of the molecule is CCCOc1cc(C)ccc1NC(=O)CCc1nc(C2(NC(C)=O)CCCCCC2)no1. The van der Waals surface area contributed by atoms with Crippen LogP contribution in [0.5, 0.6) is 5.75 Å². The maximum atomic E-state index is 12.5. The van der Waals surface area contributed by atoms with Crippen molar-refractivity contribution in [2.45, 2.75) is 84.1 Å². The van der Waals surface area contributed by atoms with E-state index in [4.69, 9.17) is 9.26 Å². The monoisotopic (exact) mass is 442 g/mol. The molecule has 8 heteroatoms. The fourth-order valence-corrected chi connectivity index (χ4v) is 4.12. The van der Waals surface area contributed by atoms with Gasteiger partial charge in [0.15, 0.2) is 5.82 Å². The van der Waals surface area contributed by atoms with Crippen molar-refractivity contribution in [2.75, 3.05) is 11.9 Å². The molecule has 2 amide bonds. The zero-order chi connectivity index (χ0) is 23.0. The Bertz CT molecular complexity index is 916. The molecular formula is C24H34N4O4. The predicted octanol–water partition coefficient (Wildman–Crippen LogP) is 4.42. The standard InChI is InChI=1S/C24H34N4O4/c1-4-15-31-20-16-17(2)9-10-19(20)25-21(30)11-12-22-26-23(28-32-22)24(27-18(3)29)13-7-5-6-8-14-24/h9-10,16H,4-8,11-15H2,1-3H3,(H,25,30)(H,27,29). The van der Waals surface area contributed by atoms with Crippen molar-refractivity contribution >= 4 is 17.5 Å². The second kappa shape index (κ2) is 11.1. The van der Waals surface area contributed by atoms with Crippen molar-refractivity contribution < 1.29 is 18.8 Å². The summed E-state index contributed by atoms with van der Waals surface area (Å²) in [6, 6.07) is 5.71. The van der Waals surface area contributed by atoms with Crippen LogP contribution in [0.4, 0.5) is 5.69 Å². The fourth-order valence-electron chi connectivity index (χ4n) is 4.12. The summed E-state index contributed by atoms with van der Waals surface area (Å²) in [6.07, 6.45) is 7.28. The van der Waals surface area contributed by atoms with Crippen LogP contribution >= 0.6 is 0 Å². The third-order valence-electron chi connectivity index (χ3n) is 5.71. The second-order valence-corrected chi connectivity index (χ2v) is 8.59. The summed E-state index contributed by atoms with van der Waals surface area (Å²) < 4.78 is 11.2. The number of anilines is 1. The number of aromatic nitrogens is 2. The number of nitrogens with zero attached hydrogens (tertiary/aromatic N) is 2. The minimum Gasteiger partial charge on any atom is -0.491 e. The van der Waals surface area contributed by atoms with Gasteiger partial charge in [-0.25, -0.2) is 0 Å². The van der Waals surface area contributed by atoms with E-state index < -0.39 is 5.54 Å². The van der Waals surface area contributed by atoms with Crippen LogP contribution in [0.2, 0.25) is 0 Å². The molecule has 0 aliphatic heterocycles. The minimum absolute atomic E-state index is 0.100. The minimum atomic E-state index is -0.584. The van der Waals surface area contributed by atoms with Gasteiger partial charge in [-0.2, -0.15) is 4.98 Å². The van der Waals surface area contributed by atoms with Gasteiger partial charge in [-0.15, -0.1) is 0 Å². The van der Waals surface area contributed by atoms with Crippen LogP contribution in [0.25, 0.3) is 0 Å². The van der Waals surface area contributed by atoms with E-state index in [0.29, 0.717) is 36.2 Å². The lowest BCUT2D eigenvalue weighted by molar-refractivity contribution is -0.121. The van der Waals surface area contributed by atoms with Crippen molar-refractivity contribution in [2.24, 2.45) is 0 Å². The van der Waals surface area contributed by atoms with Gasteiger partial charge in [0.05, 0.1) is 12.3 Å². The molecular weight excluding hydrogens is 408 g/mol. The lowest BCUT2D eigenvalue weighted by Crippen LogP contribution is -2.45. The molecule has 0 radical (unpaired) electrons. The summed E-state index contributed by atoms with van der Waals surface area (Å²) in [5.74, 6) is 1.33. The van der Waals surface area contributed by atoms with E-state index in [1.165, 1.54) is 6.92 Å². The largest absolute Gasteiger partial charge is 0.491 e. The molecule has 0 saturated heterocycles. The summed E-state index contributed by atoms with van der Waals surface area (Å²) >= 11 is 0. The van der Waals surface area contributed by atoms with Crippen LogP contribution in [0.15, 0.2) is 22.7 Å². The molecule has 1 aliphatic rings. The summed E-state index contributed by atoms with van der Waals surface area (Å²) in [5.41, 5.74) is 1.14. The van der Waals surface area contributed by atoms with Crippen molar-refractivity contribution in [3.63, 3.8) is 0 Å². The first kappa shape index (κ1) is 23.8. The van der Waals surface area contributed by atoms with Crippen LogP contribution < -0.4 is 15.4 Å². The van der Waals surface area contributed by atoms with E-state index in [9.17, 15) is 9.59 Å². The Morgan fingerprint density at radius 1 is 1.19 bits per heavy atom. The van der Waals surface area contributed by atoms with Gasteiger partial charge in [0.2, 0.25) is 17.7 Å². The fraction of sp³-hybridized carbons (Fsp3) is 0.583. The van der Waals surface area contributed by atoms with E-state index >= 15 is 0 Å². The Labute approximate surface area is 189 Å². The first-order chi connectivity index (χ1) is 15.4. The summed E-state index contributed by atoms with van der Waals surface area (Å²) in [6.45, 7) is 6.13. The Morgan fingerprint density at radius 3 is 2.62 bits per heavy atom. The van der Waals surface area contributed by atoms with Gasteiger partial charge in [0.1, 0.15) is 11.3 Å². The molecule has 8 nitrogen and oxygen atoms in total. The highest BCUT2D eigenvalue weighted by Gasteiger charge is 2.38. The number of ether oxygens (including phenoxy) is 1. The van der Waals surface area contributed by atoms with Gasteiger partial charge >= 0.3 is 0 Å². The van der Waals surface area contributed by atoms with Gasteiger partial charge in [-0.05, 0) is 43.9 Å². The molecule has 3 rings (SSSR count). The molecule has 0 bridgehead atoms. The van der Waals surface area contributed by atoms with Crippen LogP contribution in [0, 0.1) is 6.92 Å². The predicted molar refractivity (Wildman–Crippen MR) is 121 cm³/mol. The number of amides is 2. The summed E-state index contributed by atoms with van der Waals surface area (Å²) in [7, 11) is 0. The smallest absolute Gasteiger partial charge is 0.227 e. The number of hydrogen-bond acceptors (Lipinski definition) is 6. The molecule has 1 saturated carbocycles. The molecule has 2 aromatic rings. The third kappa shape index (κ3) is 6.31. The van der Waals surface area contributed by atoms with Crippen molar-refractivity contribution in [3.05, 3.63) is 35.5 Å².